The fourth-order valence-electron chi connectivity index (χ4n) is 1.57. The maximum Gasteiger partial charge on any atom is 0.226 e. The highest BCUT2D eigenvalue weighted by Crippen LogP contribution is 2.14. The Morgan fingerprint density at radius 2 is 1.94 bits per heavy atom. The summed E-state index contributed by atoms with van der Waals surface area (Å²) >= 11 is 6.00. The number of hydrogen-bond donors (Lipinski definition) is 1. The van der Waals surface area contributed by atoms with E-state index in [1.165, 1.54) is 0 Å². The fraction of sp³-hybridized carbons (Fsp3) is 0.143. The molecular formula is C14H13ClN2O. The zero-order valence-corrected chi connectivity index (χ0v) is 10.5. The number of carbonyl (C=O) groups excluding carboxylic acids is 1. The molecule has 18 heavy (non-hydrogen) atoms. The van der Waals surface area contributed by atoms with Crippen LogP contribution in [0.15, 0.2) is 48.7 Å². The topological polar surface area (TPSA) is 42.0 Å². The standard InChI is InChI=1S/C14H13ClN2O/c15-13-7-2-1-5-11(13)10-17-14(18)9-12-6-3-4-8-16-12/h1-8H,9-10H2,(H,17,18). The molecule has 92 valence electrons. The van der Waals surface area contributed by atoms with E-state index in [9.17, 15) is 4.79 Å². The number of carbonyl (C=O) groups is 1. The number of pyridine rings is 1. The van der Waals surface area contributed by atoms with Gasteiger partial charge in [0.15, 0.2) is 0 Å². The third-order valence-electron chi connectivity index (χ3n) is 2.50. The van der Waals surface area contributed by atoms with E-state index in [1.54, 1.807) is 6.20 Å². The number of rotatable bonds is 4. The molecule has 4 heteroatoms. The van der Waals surface area contributed by atoms with Crippen LogP contribution in [0.25, 0.3) is 0 Å². The first-order chi connectivity index (χ1) is 8.75. The van der Waals surface area contributed by atoms with Crippen LogP contribution in [0.2, 0.25) is 5.02 Å². The van der Waals surface area contributed by atoms with Crippen molar-refractivity contribution in [3.8, 4) is 0 Å². The van der Waals surface area contributed by atoms with Crippen molar-refractivity contribution in [2.24, 2.45) is 0 Å². The monoisotopic (exact) mass is 260 g/mol. The summed E-state index contributed by atoms with van der Waals surface area (Å²) in [7, 11) is 0. The summed E-state index contributed by atoms with van der Waals surface area (Å²) in [4.78, 5) is 15.8. The molecule has 3 nitrogen and oxygen atoms in total. The van der Waals surface area contributed by atoms with Gasteiger partial charge in [0.2, 0.25) is 5.91 Å². The van der Waals surface area contributed by atoms with Crippen molar-refractivity contribution in [3.05, 3.63) is 64.9 Å². The summed E-state index contributed by atoms with van der Waals surface area (Å²) in [5.41, 5.74) is 1.67. The highest BCUT2D eigenvalue weighted by molar-refractivity contribution is 6.31. The minimum Gasteiger partial charge on any atom is -0.352 e. The molecule has 1 heterocycles. The Morgan fingerprint density at radius 1 is 1.17 bits per heavy atom. The predicted molar refractivity (Wildman–Crippen MR) is 71.2 cm³/mol. The zero-order valence-electron chi connectivity index (χ0n) is 9.77. The summed E-state index contributed by atoms with van der Waals surface area (Å²) < 4.78 is 0. The van der Waals surface area contributed by atoms with E-state index in [1.807, 2.05) is 42.5 Å². The molecule has 2 aromatic rings. The summed E-state index contributed by atoms with van der Waals surface area (Å²) in [6.07, 6.45) is 1.96. The normalized spacial score (nSPS) is 10.1. The number of hydrogen-bond acceptors (Lipinski definition) is 2. The Kier molecular flexibility index (Phi) is 4.31. The van der Waals surface area contributed by atoms with Gasteiger partial charge < -0.3 is 5.32 Å². The van der Waals surface area contributed by atoms with Crippen LogP contribution in [-0.4, -0.2) is 10.9 Å². The van der Waals surface area contributed by atoms with Crippen LogP contribution in [0.3, 0.4) is 0 Å². The fourth-order valence-corrected chi connectivity index (χ4v) is 1.77. The molecule has 0 spiro atoms. The molecule has 1 N–H and O–H groups in total. The Hall–Kier alpha value is -1.87. The van der Waals surface area contributed by atoms with Gasteiger partial charge in [0.1, 0.15) is 0 Å². The molecule has 0 aliphatic heterocycles. The van der Waals surface area contributed by atoms with Crippen molar-refractivity contribution < 1.29 is 4.79 Å². The first-order valence-electron chi connectivity index (χ1n) is 5.66. The SMILES string of the molecule is O=C(Cc1ccccn1)NCc1ccccc1Cl. The van der Waals surface area contributed by atoms with Crippen LogP contribution >= 0.6 is 11.6 Å². The lowest BCUT2D eigenvalue weighted by atomic mass is 10.2. The molecule has 1 amide bonds. The predicted octanol–water partition coefficient (Wildman–Crippen LogP) is 2.59. The van der Waals surface area contributed by atoms with Crippen molar-refractivity contribution in [2.75, 3.05) is 0 Å². The van der Waals surface area contributed by atoms with Gasteiger partial charge in [-0.1, -0.05) is 35.9 Å². The maximum absolute atomic E-state index is 11.7. The first-order valence-corrected chi connectivity index (χ1v) is 6.03. The van der Waals surface area contributed by atoms with Crippen LogP contribution in [0.4, 0.5) is 0 Å². The van der Waals surface area contributed by atoms with Crippen LogP contribution in [0.1, 0.15) is 11.3 Å². The lowest BCUT2D eigenvalue weighted by molar-refractivity contribution is -0.120. The van der Waals surface area contributed by atoms with E-state index in [4.69, 9.17) is 11.6 Å². The summed E-state index contributed by atoms with van der Waals surface area (Å²) in [5.74, 6) is -0.0615. The van der Waals surface area contributed by atoms with Gasteiger partial charge in [-0.3, -0.25) is 9.78 Å². The van der Waals surface area contributed by atoms with Gasteiger partial charge >= 0.3 is 0 Å². The Morgan fingerprint density at radius 3 is 2.67 bits per heavy atom. The minimum atomic E-state index is -0.0615. The van der Waals surface area contributed by atoms with Crippen LogP contribution in [0.5, 0.6) is 0 Å². The van der Waals surface area contributed by atoms with E-state index in [0.717, 1.165) is 11.3 Å². The number of benzene rings is 1. The van der Waals surface area contributed by atoms with Gasteiger partial charge in [-0.15, -0.1) is 0 Å². The molecule has 1 aromatic heterocycles. The van der Waals surface area contributed by atoms with Crippen LogP contribution < -0.4 is 5.32 Å². The molecule has 0 unspecified atom stereocenters. The van der Waals surface area contributed by atoms with Gasteiger partial charge in [0.25, 0.3) is 0 Å². The average molecular weight is 261 g/mol. The molecule has 0 aliphatic rings. The van der Waals surface area contributed by atoms with Gasteiger partial charge in [-0.2, -0.15) is 0 Å². The smallest absolute Gasteiger partial charge is 0.226 e. The number of nitrogens with zero attached hydrogens (tertiary/aromatic N) is 1. The molecule has 0 radical (unpaired) electrons. The molecular weight excluding hydrogens is 248 g/mol. The average Bonchev–Trinajstić information content (AvgIpc) is 2.39. The number of amides is 1. The second kappa shape index (κ2) is 6.17. The summed E-state index contributed by atoms with van der Waals surface area (Å²) in [6.45, 7) is 0.436. The Balaban J connectivity index is 1.88. The molecule has 1 aromatic carbocycles. The van der Waals surface area contributed by atoms with E-state index in [2.05, 4.69) is 10.3 Å². The third-order valence-corrected chi connectivity index (χ3v) is 2.87. The molecule has 0 atom stereocenters. The van der Waals surface area contributed by atoms with E-state index in [-0.39, 0.29) is 12.3 Å². The van der Waals surface area contributed by atoms with Crippen molar-refractivity contribution in [2.45, 2.75) is 13.0 Å². The van der Waals surface area contributed by atoms with Gasteiger partial charge in [0, 0.05) is 23.5 Å². The van der Waals surface area contributed by atoms with Crippen molar-refractivity contribution >= 4 is 17.5 Å². The number of nitrogens with one attached hydrogen (secondary N) is 1. The molecule has 0 bridgehead atoms. The number of halogens is 1. The molecule has 0 saturated carbocycles. The van der Waals surface area contributed by atoms with Crippen molar-refractivity contribution in [1.82, 2.24) is 10.3 Å². The van der Waals surface area contributed by atoms with Gasteiger partial charge in [0.05, 0.1) is 6.42 Å². The lowest BCUT2D eigenvalue weighted by Crippen LogP contribution is -2.25. The molecule has 0 aliphatic carbocycles. The summed E-state index contributed by atoms with van der Waals surface area (Å²) in [6, 6.07) is 13.0. The second-order valence-electron chi connectivity index (χ2n) is 3.87. The quantitative estimate of drug-likeness (QED) is 0.918. The lowest BCUT2D eigenvalue weighted by Gasteiger charge is -2.06. The second-order valence-corrected chi connectivity index (χ2v) is 4.27. The molecule has 0 fully saturated rings. The minimum absolute atomic E-state index is 0.0615. The van der Waals surface area contributed by atoms with E-state index < -0.39 is 0 Å². The van der Waals surface area contributed by atoms with Crippen LogP contribution in [-0.2, 0) is 17.8 Å². The van der Waals surface area contributed by atoms with E-state index in [0.29, 0.717) is 11.6 Å². The maximum atomic E-state index is 11.7. The third kappa shape index (κ3) is 3.57. The highest BCUT2D eigenvalue weighted by atomic mass is 35.5. The van der Waals surface area contributed by atoms with Crippen molar-refractivity contribution in [3.63, 3.8) is 0 Å². The number of aromatic nitrogens is 1. The van der Waals surface area contributed by atoms with Crippen molar-refractivity contribution in [1.29, 1.82) is 0 Å². The van der Waals surface area contributed by atoms with Gasteiger partial charge in [-0.25, -0.2) is 0 Å². The molecule has 0 saturated heterocycles. The Bertz CT molecular complexity index is 528. The zero-order chi connectivity index (χ0) is 12.8. The largest absolute Gasteiger partial charge is 0.352 e. The first kappa shape index (κ1) is 12.6. The Labute approximate surface area is 111 Å². The molecule has 2 rings (SSSR count). The summed E-state index contributed by atoms with van der Waals surface area (Å²) in [5, 5.41) is 3.49. The van der Waals surface area contributed by atoms with Gasteiger partial charge in [-0.05, 0) is 23.8 Å². The van der Waals surface area contributed by atoms with E-state index >= 15 is 0 Å². The highest BCUT2D eigenvalue weighted by Gasteiger charge is 2.05. The van der Waals surface area contributed by atoms with Crippen LogP contribution in [0, 0.1) is 0 Å².